The molecule has 0 bridgehead atoms. The molecule has 3 heterocycles. The molecule has 1 N–H and O–H groups in total. The lowest BCUT2D eigenvalue weighted by atomic mass is 10.0. The van der Waals surface area contributed by atoms with E-state index in [0.717, 1.165) is 25.2 Å². The second-order valence-electron chi connectivity index (χ2n) is 4.49. The maximum absolute atomic E-state index is 11.9. The summed E-state index contributed by atoms with van der Waals surface area (Å²) in [6.45, 7) is 2.94. The lowest BCUT2D eigenvalue weighted by molar-refractivity contribution is 0.0896. The minimum atomic E-state index is -0.290. The number of fused-ring (bicyclic) bond motifs is 3. The van der Waals surface area contributed by atoms with Gasteiger partial charge in [0.25, 0.3) is 5.91 Å². The minimum Gasteiger partial charge on any atom is -0.333 e. The van der Waals surface area contributed by atoms with Gasteiger partial charge >= 0.3 is 0 Å². The molecular weight excluding hydrogens is 226 g/mol. The molecule has 5 heteroatoms. The number of halogens is 1. The van der Waals surface area contributed by atoms with E-state index in [1.807, 2.05) is 6.92 Å². The molecule has 1 saturated heterocycles. The van der Waals surface area contributed by atoms with Crippen molar-refractivity contribution in [3.8, 4) is 0 Å². The second-order valence-corrected chi connectivity index (χ2v) is 4.88. The number of hydrogen-bond acceptors (Lipinski definition) is 3. The summed E-state index contributed by atoms with van der Waals surface area (Å²) in [4.78, 5) is 18.3. The standard InChI is InChI=1S/C11H12ClN3O/c1-11-5-2-6-15(11)9-7(10(16)14-11)3-4-8(12)13-9/h3-4H,2,5-6H2,1H3,(H,14,16). The van der Waals surface area contributed by atoms with E-state index < -0.39 is 0 Å². The van der Waals surface area contributed by atoms with Gasteiger partial charge in [0, 0.05) is 6.54 Å². The number of aromatic nitrogens is 1. The molecule has 0 aromatic carbocycles. The van der Waals surface area contributed by atoms with Gasteiger partial charge in [-0.05, 0) is 31.9 Å². The highest BCUT2D eigenvalue weighted by atomic mass is 35.5. The van der Waals surface area contributed by atoms with Crippen molar-refractivity contribution in [3.63, 3.8) is 0 Å². The van der Waals surface area contributed by atoms with Crippen LogP contribution in [0.15, 0.2) is 12.1 Å². The first-order valence-corrected chi connectivity index (χ1v) is 5.75. The molecule has 0 aliphatic carbocycles. The summed E-state index contributed by atoms with van der Waals surface area (Å²) in [6, 6.07) is 3.39. The van der Waals surface area contributed by atoms with Gasteiger partial charge in [-0.3, -0.25) is 4.79 Å². The molecule has 84 valence electrons. The number of anilines is 1. The zero-order chi connectivity index (χ0) is 11.3. The second kappa shape index (κ2) is 3.10. The highest BCUT2D eigenvalue weighted by Gasteiger charge is 2.44. The van der Waals surface area contributed by atoms with Crippen molar-refractivity contribution in [2.24, 2.45) is 0 Å². The fourth-order valence-electron chi connectivity index (χ4n) is 2.55. The van der Waals surface area contributed by atoms with Crippen molar-refractivity contribution < 1.29 is 4.79 Å². The van der Waals surface area contributed by atoms with Crippen molar-refractivity contribution in [3.05, 3.63) is 22.8 Å². The number of amides is 1. The molecule has 1 aromatic rings. The van der Waals surface area contributed by atoms with Gasteiger partial charge in [0.2, 0.25) is 0 Å². The molecule has 2 aliphatic rings. The third-order valence-corrected chi connectivity index (χ3v) is 3.58. The fourth-order valence-corrected chi connectivity index (χ4v) is 2.70. The molecule has 2 aliphatic heterocycles. The van der Waals surface area contributed by atoms with Crippen LogP contribution in [0.5, 0.6) is 0 Å². The molecule has 1 atom stereocenters. The van der Waals surface area contributed by atoms with E-state index >= 15 is 0 Å². The summed E-state index contributed by atoms with van der Waals surface area (Å²) in [7, 11) is 0. The largest absolute Gasteiger partial charge is 0.333 e. The smallest absolute Gasteiger partial charge is 0.256 e. The van der Waals surface area contributed by atoms with E-state index in [2.05, 4.69) is 15.2 Å². The Labute approximate surface area is 98.6 Å². The van der Waals surface area contributed by atoms with Crippen molar-refractivity contribution in [1.29, 1.82) is 0 Å². The molecule has 0 spiro atoms. The van der Waals surface area contributed by atoms with E-state index in [4.69, 9.17) is 11.6 Å². The first-order valence-electron chi connectivity index (χ1n) is 5.37. The third kappa shape index (κ3) is 1.23. The van der Waals surface area contributed by atoms with E-state index in [-0.39, 0.29) is 11.6 Å². The predicted molar refractivity (Wildman–Crippen MR) is 61.7 cm³/mol. The number of rotatable bonds is 0. The lowest BCUT2D eigenvalue weighted by Gasteiger charge is -2.41. The highest BCUT2D eigenvalue weighted by molar-refractivity contribution is 6.29. The van der Waals surface area contributed by atoms with E-state index in [0.29, 0.717) is 10.7 Å². The summed E-state index contributed by atoms with van der Waals surface area (Å²) in [5.74, 6) is 0.663. The van der Waals surface area contributed by atoms with Gasteiger partial charge in [-0.2, -0.15) is 0 Å². The molecule has 1 unspecified atom stereocenters. The van der Waals surface area contributed by atoms with Crippen LogP contribution < -0.4 is 10.2 Å². The Hall–Kier alpha value is -1.29. The van der Waals surface area contributed by atoms with E-state index in [1.165, 1.54) is 0 Å². The molecule has 1 aromatic heterocycles. The number of pyridine rings is 1. The quantitative estimate of drug-likeness (QED) is 0.700. The van der Waals surface area contributed by atoms with Crippen LogP contribution in [0.2, 0.25) is 5.15 Å². The van der Waals surface area contributed by atoms with Gasteiger partial charge in [-0.1, -0.05) is 11.6 Å². The number of nitrogens with one attached hydrogen (secondary N) is 1. The Balaban J connectivity index is 2.19. The van der Waals surface area contributed by atoms with Crippen molar-refractivity contribution >= 4 is 23.3 Å². The van der Waals surface area contributed by atoms with Crippen LogP contribution in [-0.4, -0.2) is 23.1 Å². The van der Waals surface area contributed by atoms with Gasteiger partial charge in [0.05, 0.1) is 5.56 Å². The highest BCUT2D eigenvalue weighted by Crippen LogP contribution is 2.37. The molecule has 1 amide bonds. The molecule has 1 fully saturated rings. The summed E-state index contributed by atoms with van der Waals surface area (Å²) in [6.07, 6.45) is 2.01. The minimum absolute atomic E-state index is 0.0557. The number of hydrogen-bond donors (Lipinski definition) is 1. The van der Waals surface area contributed by atoms with Gasteiger partial charge in [-0.15, -0.1) is 0 Å². The maximum atomic E-state index is 11.9. The van der Waals surface area contributed by atoms with Gasteiger partial charge < -0.3 is 10.2 Å². The Morgan fingerprint density at radius 1 is 1.56 bits per heavy atom. The van der Waals surface area contributed by atoms with Gasteiger partial charge in [0.15, 0.2) is 0 Å². The Kier molecular flexibility index (Phi) is 1.92. The van der Waals surface area contributed by atoms with Gasteiger partial charge in [-0.25, -0.2) is 4.98 Å². The predicted octanol–water partition coefficient (Wildman–Crippen LogP) is 1.79. The number of carbonyl (C=O) groups is 1. The fraction of sp³-hybridized carbons (Fsp3) is 0.455. The molecule has 0 radical (unpaired) electrons. The molecule has 4 nitrogen and oxygen atoms in total. The molecule has 0 saturated carbocycles. The molecule has 16 heavy (non-hydrogen) atoms. The van der Waals surface area contributed by atoms with Crippen LogP contribution in [0.25, 0.3) is 0 Å². The van der Waals surface area contributed by atoms with Crippen LogP contribution in [0.3, 0.4) is 0 Å². The Morgan fingerprint density at radius 2 is 2.38 bits per heavy atom. The summed E-state index contributed by atoms with van der Waals surface area (Å²) < 4.78 is 0. The number of carbonyl (C=O) groups excluding carboxylic acids is 1. The summed E-state index contributed by atoms with van der Waals surface area (Å²) >= 11 is 5.89. The van der Waals surface area contributed by atoms with Crippen molar-refractivity contribution in [2.45, 2.75) is 25.4 Å². The zero-order valence-electron chi connectivity index (χ0n) is 8.96. The van der Waals surface area contributed by atoms with Crippen LogP contribution in [0, 0.1) is 0 Å². The summed E-state index contributed by atoms with van der Waals surface area (Å²) in [5, 5.41) is 3.47. The van der Waals surface area contributed by atoms with Crippen LogP contribution >= 0.6 is 11.6 Å². The Morgan fingerprint density at radius 3 is 3.19 bits per heavy atom. The third-order valence-electron chi connectivity index (χ3n) is 3.37. The lowest BCUT2D eigenvalue weighted by Crippen LogP contribution is -2.59. The van der Waals surface area contributed by atoms with Gasteiger partial charge in [0.1, 0.15) is 16.6 Å². The maximum Gasteiger partial charge on any atom is 0.256 e. The normalized spacial score (nSPS) is 27.4. The van der Waals surface area contributed by atoms with E-state index in [9.17, 15) is 4.79 Å². The monoisotopic (exact) mass is 237 g/mol. The Bertz CT molecular complexity index is 476. The summed E-state index contributed by atoms with van der Waals surface area (Å²) in [5.41, 5.74) is 0.325. The molecular formula is C11H12ClN3O. The van der Waals surface area contributed by atoms with E-state index in [1.54, 1.807) is 12.1 Å². The first-order chi connectivity index (χ1) is 7.60. The first kappa shape index (κ1) is 9.90. The molecule has 3 rings (SSSR count). The van der Waals surface area contributed by atoms with Crippen LogP contribution in [0.1, 0.15) is 30.1 Å². The SMILES string of the molecule is CC12CCCN1c1nc(Cl)ccc1C(=O)N2. The number of nitrogens with zero attached hydrogens (tertiary/aromatic N) is 2. The van der Waals surface area contributed by atoms with Crippen molar-refractivity contribution in [2.75, 3.05) is 11.4 Å². The zero-order valence-corrected chi connectivity index (χ0v) is 9.71. The van der Waals surface area contributed by atoms with Crippen LogP contribution in [-0.2, 0) is 0 Å². The average Bonchev–Trinajstić information content (AvgIpc) is 2.59. The average molecular weight is 238 g/mol. The topological polar surface area (TPSA) is 45.2 Å². The van der Waals surface area contributed by atoms with Crippen molar-refractivity contribution in [1.82, 2.24) is 10.3 Å². The van der Waals surface area contributed by atoms with Crippen LogP contribution in [0.4, 0.5) is 5.82 Å².